The van der Waals surface area contributed by atoms with Gasteiger partial charge in [0.2, 0.25) is 0 Å². The highest BCUT2D eigenvalue weighted by Crippen LogP contribution is 2.32. The van der Waals surface area contributed by atoms with Gasteiger partial charge in [-0.15, -0.1) is 0 Å². The van der Waals surface area contributed by atoms with Gasteiger partial charge in [0, 0.05) is 37.2 Å². The van der Waals surface area contributed by atoms with Crippen molar-refractivity contribution in [1.29, 1.82) is 0 Å². The van der Waals surface area contributed by atoms with E-state index in [1.54, 1.807) is 16.3 Å². The van der Waals surface area contributed by atoms with Gasteiger partial charge in [0.1, 0.15) is 17.3 Å². The highest BCUT2D eigenvalue weighted by molar-refractivity contribution is 7.04. The van der Waals surface area contributed by atoms with Crippen molar-refractivity contribution < 1.29 is 4.79 Å². The van der Waals surface area contributed by atoms with E-state index < -0.39 is 0 Å². The molecule has 0 aromatic carbocycles. The summed E-state index contributed by atoms with van der Waals surface area (Å²) in [5.41, 5.74) is 3.06. The van der Waals surface area contributed by atoms with Crippen molar-refractivity contribution in [3.63, 3.8) is 0 Å². The Hall–Kier alpha value is -2.48. The lowest BCUT2D eigenvalue weighted by molar-refractivity contribution is 0.102. The van der Waals surface area contributed by atoms with Gasteiger partial charge in [-0.3, -0.25) is 9.48 Å². The van der Waals surface area contributed by atoms with Crippen LogP contribution in [-0.2, 0) is 20.0 Å². The lowest BCUT2D eigenvalue weighted by Crippen LogP contribution is -2.18. The number of fused-ring (bicyclic) bond motifs is 1. The molecule has 0 bridgehead atoms. The van der Waals surface area contributed by atoms with Crippen LogP contribution in [0.5, 0.6) is 0 Å². The third kappa shape index (κ3) is 2.52. The molecule has 0 spiro atoms. The fourth-order valence-corrected chi connectivity index (χ4v) is 3.73. The van der Waals surface area contributed by atoms with Crippen LogP contribution in [0.25, 0.3) is 11.3 Å². The molecule has 0 fully saturated rings. The minimum atomic E-state index is -0.139. The summed E-state index contributed by atoms with van der Waals surface area (Å²) in [6, 6.07) is 0. The minimum Gasteiger partial charge on any atom is -0.314 e. The Morgan fingerprint density at radius 2 is 2.25 bits per heavy atom. The van der Waals surface area contributed by atoms with E-state index in [0.717, 1.165) is 54.4 Å². The quantitative estimate of drug-likeness (QED) is 0.794. The number of carbonyl (C=O) groups excluding carboxylic acids is 1. The van der Waals surface area contributed by atoms with Gasteiger partial charge in [0.05, 0.1) is 17.5 Å². The van der Waals surface area contributed by atoms with Gasteiger partial charge in [-0.2, -0.15) is 9.47 Å². The molecule has 8 heteroatoms. The molecule has 124 valence electrons. The van der Waals surface area contributed by atoms with Crippen molar-refractivity contribution in [3.05, 3.63) is 34.9 Å². The summed E-state index contributed by atoms with van der Waals surface area (Å²) in [6.07, 6.45) is 6.85. The predicted molar refractivity (Wildman–Crippen MR) is 92.2 cm³/mol. The van der Waals surface area contributed by atoms with Crippen molar-refractivity contribution >= 4 is 23.3 Å². The lowest BCUT2D eigenvalue weighted by atomic mass is 10.2. The minimum absolute atomic E-state index is 0.139. The maximum atomic E-state index is 12.7. The maximum absolute atomic E-state index is 12.7. The molecule has 24 heavy (non-hydrogen) atoms. The Labute approximate surface area is 143 Å². The highest BCUT2D eigenvalue weighted by Gasteiger charge is 2.24. The normalized spacial score (nSPS) is 13.8. The first-order valence-electron chi connectivity index (χ1n) is 7.94. The molecule has 0 radical (unpaired) electrons. The molecule has 3 aromatic heterocycles. The van der Waals surface area contributed by atoms with Gasteiger partial charge in [-0.1, -0.05) is 0 Å². The first-order chi connectivity index (χ1) is 11.6. The monoisotopic (exact) mass is 342 g/mol. The van der Waals surface area contributed by atoms with Crippen LogP contribution in [0.3, 0.4) is 0 Å². The van der Waals surface area contributed by atoms with E-state index in [-0.39, 0.29) is 5.91 Å². The Morgan fingerprint density at radius 1 is 1.38 bits per heavy atom. The van der Waals surface area contributed by atoms with E-state index in [4.69, 9.17) is 4.98 Å². The maximum Gasteiger partial charge on any atom is 0.259 e. The zero-order valence-electron chi connectivity index (χ0n) is 13.6. The number of hydrogen-bond donors (Lipinski definition) is 1. The first-order valence-corrected chi connectivity index (χ1v) is 8.78. The second kappa shape index (κ2) is 5.86. The van der Waals surface area contributed by atoms with Crippen LogP contribution < -0.4 is 5.32 Å². The van der Waals surface area contributed by atoms with Crippen LogP contribution in [0, 0.1) is 6.92 Å². The molecular formula is C16H18N6OS. The van der Waals surface area contributed by atoms with E-state index in [1.807, 2.05) is 20.2 Å². The molecule has 0 unspecified atom stereocenters. The summed E-state index contributed by atoms with van der Waals surface area (Å²) in [7, 11) is 1.87. The second-order valence-corrected chi connectivity index (χ2v) is 6.63. The molecule has 0 saturated heterocycles. The number of nitrogens with one attached hydrogen (secondary N) is 1. The van der Waals surface area contributed by atoms with Crippen LogP contribution in [0.4, 0.5) is 5.82 Å². The summed E-state index contributed by atoms with van der Waals surface area (Å²) in [5.74, 6) is 1.64. The molecule has 1 aliphatic heterocycles. The Morgan fingerprint density at radius 3 is 2.96 bits per heavy atom. The summed E-state index contributed by atoms with van der Waals surface area (Å²) in [6.45, 7) is 2.72. The molecule has 0 saturated carbocycles. The molecule has 4 heterocycles. The van der Waals surface area contributed by atoms with E-state index in [2.05, 4.69) is 19.4 Å². The number of amides is 1. The van der Waals surface area contributed by atoms with Gasteiger partial charge in [-0.25, -0.2) is 4.98 Å². The van der Waals surface area contributed by atoms with Crippen LogP contribution in [0.2, 0.25) is 0 Å². The van der Waals surface area contributed by atoms with Crippen molar-refractivity contribution in [1.82, 2.24) is 23.7 Å². The van der Waals surface area contributed by atoms with Crippen LogP contribution >= 0.6 is 11.5 Å². The number of imidazole rings is 1. The Kier molecular flexibility index (Phi) is 3.68. The fourth-order valence-electron chi connectivity index (χ4n) is 3.04. The SMILES string of the molecule is Cc1nscc1C(=O)Nc1c(-c2cnn(C)c2)nc2n1CCCC2. The van der Waals surface area contributed by atoms with Gasteiger partial charge in [0.25, 0.3) is 5.91 Å². The summed E-state index contributed by atoms with van der Waals surface area (Å²) >= 11 is 1.29. The molecule has 1 N–H and O–H groups in total. The largest absolute Gasteiger partial charge is 0.314 e. The van der Waals surface area contributed by atoms with Crippen LogP contribution in [0.1, 0.15) is 34.7 Å². The topological polar surface area (TPSA) is 77.6 Å². The first kappa shape index (κ1) is 15.1. The number of hydrogen-bond acceptors (Lipinski definition) is 5. The molecule has 3 aromatic rings. The zero-order valence-corrected chi connectivity index (χ0v) is 14.4. The number of aryl methyl sites for hydroxylation is 3. The zero-order chi connectivity index (χ0) is 16.7. The molecule has 1 amide bonds. The molecular weight excluding hydrogens is 324 g/mol. The fraction of sp³-hybridized carbons (Fsp3) is 0.375. The highest BCUT2D eigenvalue weighted by atomic mass is 32.1. The average molecular weight is 342 g/mol. The number of aromatic nitrogens is 5. The number of anilines is 1. The third-order valence-electron chi connectivity index (χ3n) is 4.28. The summed E-state index contributed by atoms with van der Waals surface area (Å²) < 4.78 is 8.05. The summed E-state index contributed by atoms with van der Waals surface area (Å²) in [5, 5.41) is 9.07. The van der Waals surface area contributed by atoms with Crippen molar-refractivity contribution in [2.45, 2.75) is 32.7 Å². The van der Waals surface area contributed by atoms with Gasteiger partial charge >= 0.3 is 0 Å². The van der Waals surface area contributed by atoms with Gasteiger partial charge in [-0.05, 0) is 31.3 Å². The number of nitrogens with zero attached hydrogens (tertiary/aromatic N) is 5. The van der Waals surface area contributed by atoms with E-state index in [0.29, 0.717) is 5.56 Å². The Bertz CT molecular complexity index is 906. The molecule has 0 atom stereocenters. The van der Waals surface area contributed by atoms with Crippen molar-refractivity contribution in [3.8, 4) is 11.3 Å². The standard InChI is InChI=1S/C16H18N6OS/c1-10-12(9-24-20-10)16(23)19-15-14(11-7-17-21(2)8-11)18-13-5-3-4-6-22(13)15/h7-9H,3-6H2,1-2H3,(H,19,23). The smallest absolute Gasteiger partial charge is 0.259 e. The van der Waals surface area contributed by atoms with E-state index in [1.165, 1.54) is 11.5 Å². The Balaban J connectivity index is 1.77. The molecule has 0 aliphatic carbocycles. The summed E-state index contributed by atoms with van der Waals surface area (Å²) in [4.78, 5) is 17.4. The van der Waals surface area contributed by atoms with Gasteiger partial charge < -0.3 is 9.88 Å². The number of carbonyl (C=O) groups is 1. The molecule has 7 nitrogen and oxygen atoms in total. The van der Waals surface area contributed by atoms with Crippen LogP contribution in [-0.4, -0.2) is 29.6 Å². The van der Waals surface area contributed by atoms with Gasteiger partial charge in [0.15, 0.2) is 0 Å². The van der Waals surface area contributed by atoms with Crippen molar-refractivity contribution in [2.24, 2.45) is 7.05 Å². The third-order valence-corrected chi connectivity index (χ3v) is 5.00. The van der Waals surface area contributed by atoms with E-state index in [9.17, 15) is 4.79 Å². The second-order valence-electron chi connectivity index (χ2n) is 6.00. The average Bonchev–Trinajstić information content (AvgIpc) is 3.27. The predicted octanol–water partition coefficient (Wildman–Crippen LogP) is 2.64. The molecule has 4 rings (SSSR count). The molecule has 1 aliphatic rings. The van der Waals surface area contributed by atoms with Crippen LogP contribution in [0.15, 0.2) is 17.8 Å². The van der Waals surface area contributed by atoms with Crippen molar-refractivity contribution in [2.75, 3.05) is 5.32 Å². The lowest BCUT2D eigenvalue weighted by Gasteiger charge is -2.16. The number of rotatable bonds is 3. The van der Waals surface area contributed by atoms with E-state index >= 15 is 0 Å².